The SMILES string of the molecule is Cc1ccc(S(=O)(=O)N2CCC(C(=O)c3cccs3)CC2)cc1. The van der Waals surface area contributed by atoms with Crippen LogP contribution in [0, 0.1) is 12.8 Å². The second-order valence-electron chi connectivity index (χ2n) is 5.83. The minimum Gasteiger partial charge on any atom is -0.293 e. The quantitative estimate of drug-likeness (QED) is 0.796. The molecule has 0 spiro atoms. The molecule has 0 saturated carbocycles. The molecule has 122 valence electrons. The fourth-order valence-corrected chi connectivity index (χ4v) is 5.05. The van der Waals surface area contributed by atoms with E-state index in [-0.39, 0.29) is 11.7 Å². The number of Topliss-reactive ketones (excluding diaryl/α,β-unsaturated/α-hetero) is 1. The molecular formula is C17H19NO3S2. The first-order valence-corrected chi connectivity index (χ1v) is 9.95. The maximum absolute atomic E-state index is 12.6. The van der Waals surface area contributed by atoms with E-state index in [1.165, 1.54) is 15.6 Å². The molecule has 1 aromatic carbocycles. The molecule has 4 nitrogen and oxygen atoms in total. The zero-order valence-electron chi connectivity index (χ0n) is 12.9. The summed E-state index contributed by atoms with van der Waals surface area (Å²) in [4.78, 5) is 13.5. The van der Waals surface area contributed by atoms with Gasteiger partial charge in [-0.15, -0.1) is 11.3 Å². The number of hydrogen-bond acceptors (Lipinski definition) is 4. The molecule has 3 rings (SSSR count). The molecule has 2 heterocycles. The molecule has 0 aliphatic carbocycles. The van der Waals surface area contributed by atoms with Crippen LogP contribution in [0.15, 0.2) is 46.7 Å². The minimum absolute atomic E-state index is 0.0712. The van der Waals surface area contributed by atoms with Crippen LogP contribution in [0.4, 0.5) is 0 Å². The molecule has 1 aliphatic rings. The van der Waals surface area contributed by atoms with Crippen molar-refractivity contribution in [1.29, 1.82) is 0 Å². The molecule has 0 N–H and O–H groups in total. The van der Waals surface area contributed by atoms with Crippen LogP contribution in [0.1, 0.15) is 28.1 Å². The monoisotopic (exact) mass is 349 g/mol. The average molecular weight is 349 g/mol. The Kier molecular flexibility index (Phi) is 4.66. The summed E-state index contributed by atoms with van der Waals surface area (Å²) in [5.41, 5.74) is 1.03. The van der Waals surface area contributed by atoms with Gasteiger partial charge < -0.3 is 0 Å². The number of benzene rings is 1. The molecular weight excluding hydrogens is 330 g/mol. The molecule has 1 saturated heterocycles. The lowest BCUT2D eigenvalue weighted by Gasteiger charge is -2.30. The fourth-order valence-electron chi connectivity index (χ4n) is 2.84. The number of ketones is 1. The van der Waals surface area contributed by atoms with Gasteiger partial charge >= 0.3 is 0 Å². The lowest BCUT2D eigenvalue weighted by molar-refractivity contribution is 0.0879. The van der Waals surface area contributed by atoms with Crippen molar-refractivity contribution in [3.8, 4) is 0 Å². The Bertz CT molecular complexity index is 772. The highest BCUT2D eigenvalue weighted by molar-refractivity contribution is 7.89. The molecule has 23 heavy (non-hydrogen) atoms. The van der Waals surface area contributed by atoms with Crippen LogP contribution >= 0.6 is 11.3 Å². The van der Waals surface area contributed by atoms with Crippen molar-refractivity contribution in [2.45, 2.75) is 24.7 Å². The Morgan fingerprint density at radius 2 is 1.78 bits per heavy atom. The van der Waals surface area contributed by atoms with E-state index < -0.39 is 10.0 Å². The summed E-state index contributed by atoms with van der Waals surface area (Å²) in [5, 5.41) is 1.89. The van der Waals surface area contributed by atoms with Gasteiger partial charge in [0.05, 0.1) is 9.77 Å². The van der Waals surface area contributed by atoms with Crippen LogP contribution in [0.25, 0.3) is 0 Å². The lowest BCUT2D eigenvalue weighted by atomic mass is 9.93. The Hall–Kier alpha value is -1.50. The number of nitrogens with zero attached hydrogens (tertiary/aromatic N) is 1. The molecule has 2 aromatic rings. The van der Waals surface area contributed by atoms with E-state index >= 15 is 0 Å². The van der Waals surface area contributed by atoms with Gasteiger partial charge in [-0.25, -0.2) is 8.42 Å². The second kappa shape index (κ2) is 6.55. The molecule has 1 fully saturated rings. The summed E-state index contributed by atoms with van der Waals surface area (Å²) in [5.74, 6) is 0.0745. The number of carbonyl (C=O) groups is 1. The van der Waals surface area contributed by atoms with Crippen LogP contribution in [-0.2, 0) is 10.0 Å². The third kappa shape index (κ3) is 3.39. The van der Waals surface area contributed by atoms with Gasteiger partial charge in [-0.2, -0.15) is 4.31 Å². The summed E-state index contributed by atoms with van der Waals surface area (Å²) >= 11 is 1.45. The van der Waals surface area contributed by atoms with Crippen LogP contribution in [0.5, 0.6) is 0 Å². The summed E-state index contributed by atoms with van der Waals surface area (Å²) < 4.78 is 26.8. The van der Waals surface area contributed by atoms with Gasteiger partial charge in [0.1, 0.15) is 0 Å². The summed E-state index contributed by atoms with van der Waals surface area (Å²) in [6.45, 7) is 2.73. The van der Waals surface area contributed by atoms with E-state index in [0.29, 0.717) is 30.8 Å². The Labute approximate surface area is 140 Å². The van der Waals surface area contributed by atoms with Crippen molar-refractivity contribution in [2.24, 2.45) is 5.92 Å². The summed E-state index contributed by atoms with van der Waals surface area (Å²) in [6, 6.07) is 10.6. The number of carbonyl (C=O) groups excluding carboxylic acids is 1. The largest absolute Gasteiger partial charge is 0.293 e. The number of hydrogen-bond donors (Lipinski definition) is 0. The number of piperidine rings is 1. The van der Waals surface area contributed by atoms with E-state index in [1.54, 1.807) is 24.3 Å². The van der Waals surface area contributed by atoms with Crippen LogP contribution < -0.4 is 0 Å². The number of sulfonamides is 1. The highest BCUT2D eigenvalue weighted by Crippen LogP contribution is 2.27. The van der Waals surface area contributed by atoms with Gasteiger partial charge in [-0.3, -0.25) is 4.79 Å². The second-order valence-corrected chi connectivity index (χ2v) is 8.72. The van der Waals surface area contributed by atoms with Crippen LogP contribution in [-0.4, -0.2) is 31.6 Å². The molecule has 1 aliphatic heterocycles. The Morgan fingerprint density at radius 3 is 2.35 bits per heavy atom. The zero-order chi connectivity index (χ0) is 16.4. The van der Waals surface area contributed by atoms with Gasteiger partial charge in [0.2, 0.25) is 10.0 Å². The predicted molar refractivity (Wildman–Crippen MR) is 91.3 cm³/mol. The van der Waals surface area contributed by atoms with Gasteiger partial charge in [0, 0.05) is 19.0 Å². The maximum atomic E-state index is 12.6. The van der Waals surface area contributed by atoms with Gasteiger partial charge in [0.25, 0.3) is 0 Å². The first-order valence-electron chi connectivity index (χ1n) is 7.63. The smallest absolute Gasteiger partial charge is 0.243 e. The number of thiophene rings is 1. The van der Waals surface area contributed by atoms with Crippen molar-refractivity contribution in [3.63, 3.8) is 0 Å². The van der Waals surface area contributed by atoms with E-state index in [4.69, 9.17) is 0 Å². The Balaban J connectivity index is 1.69. The number of rotatable bonds is 4. The highest BCUT2D eigenvalue weighted by atomic mass is 32.2. The summed E-state index contributed by atoms with van der Waals surface area (Å²) in [7, 11) is -3.46. The molecule has 0 unspecified atom stereocenters. The molecule has 0 radical (unpaired) electrons. The average Bonchev–Trinajstić information content (AvgIpc) is 3.09. The summed E-state index contributed by atoms with van der Waals surface area (Å²) in [6.07, 6.45) is 1.17. The van der Waals surface area contributed by atoms with Crippen LogP contribution in [0.2, 0.25) is 0 Å². The van der Waals surface area contributed by atoms with Crippen molar-refractivity contribution in [2.75, 3.05) is 13.1 Å². The Morgan fingerprint density at radius 1 is 1.13 bits per heavy atom. The van der Waals surface area contributed by atoms with Crippen molar-refractivity contribution in [3.05, 3.63) is 52.2 Å². The third-order valence-corrected chi connectivity index (χ3v) is 7.04. The van der Waals surface area contributed by atoms with Gasteiger partial charge in [-0.05, 0) is 43.3 Å². The molecule has 0 bridgehead atoms. The molecule has 6 heteroatoms. The normalized spacial score (nSPS) is 17.3. The van der Waals surface area contributed by atoms with Crippen LogP contribution in [0.3, 0.4) is 0 Å². The lowest BCUT2D eigenvalue weighted by Crippen LogP contribution is -2.40. The number of aryl methyl sites for hydroxylation is 1. The first kappa shape index (κ1) is 16.4. The predicted octanol–water partition coefficient (Wildman–Crippen LogP) is 3.34. The van der Waals surface area contributed by atoms with E-state index in [2.05, 4.69) is 0 Å². The van der Waals surface area contributed by atoms with Gasteiger partial charge in [-0.1, -0.05) is 23.8 Å². The maximum Gasteiger partial charge on any atom is 0.243 e. The third-order valence-electron chi connectivity index (χ3n) is 4.25. The van der Waals surface area contributed by atoms with Crippen molar-refractivity contribution in [1.82, 2.24) is 4.31 Å². The zero-order valence-corrected chi connectivity index (χ0v) is 14.6. The first-order chi connectivity index (χ1) is 11.0. The topological polar surface area (TPSA) is 54.5 Å². The van der Waals surface area contributed by atoms with E-state index in [1.807, 2.05) is 24.4 Å². The molecule has 0 amide bonds. The standard InChI is InChI=1S/C17H19NO3S2/c1-13-4-6-15(7-5-13)23(20,21)18-10-8-14(9-11-18)17(19)16-3-2-12-22-16/h2-7,12,14H,8-11H2,1H3. The van der Waals surface area contributed by atoms with E-state index in [9.17, 15) is 13.2 Å². The molecule has 1 aromatic heterocycles. The van der Waals surface area contributed by atoms with Gasteiger partial charge in [0.15, 0.2) is 5.78 Å². The molecule has 0 atom stereocenters. The van der Waals surface area contributed by atoms with Crippen molar-refractivity contribution >= 4 is 27.1 Å². The van der Waals surface area contributed by atoms with E-state index in [0.717, 1.165) is 10.4 Å². The highest BCUT2D eigenvalue weighted by Gasteiger charge is 2.32. The fraction of sp³-hybridized carbons (Fsp3) is 0.353. The van der Waals surface area contributed by atoms with Crippen molar-refractivity contribution < 1.29 is 13.2 Å². The minimum atomic E-state index is -3.46.